The Bertz CT molecular complexity index is 1720. The van der Waals surface area contributed by atoms with Crippen LogP contribution in [0.4, 0.5) is 10.1 Å². The molecule has 248 valence electrons. The van der Waals surface area contributed by atoms with Gasteiger partial charge in [-0.15, -0.1) is 0 Å². The summed E-state index contributed by atoms with van der Waals surface area (Å²) in [4.78, 5) is 29.8. The van der Waals surface area contributed by atoms with E-state index in [1.54, 1.807) is 12.1 Å². The van der Waals surface area contributed by atoms with Crippen LogP contribution in [0.25, 0.3) is 0 Å². The molecule has 0 spiro atoms. The maximum Gasteiger partial charge on any atom is 0.264 e. The number of hydrogen-bond donors (Lipinski definition) is 1. The fourth-order valence-corrected chi connectivity index (χ4v) is 6.58. The van der Waals surface area contributed by atoms with E-state index in [1.165, 1.54) is 29.2 Å². The SMILES string of the molecule is CCCCNC(=O)[C@@H](Cc1ccccc1)N(Cc1ccccc1C)C(=O)CN(c1ccc(F)cc1)S(=O)(=O)c1ccc(OCC)cc1. The minimum Gasteiger partial charge on any atom is -0.494 e. The van der Waals surface area contributed by atoms with Crippen molar-refractivity contribution in [3.63, 3.8) is 0 Å². The molecule has 0 aromatic heterocycles. The molecular formula is C37H42FN3O5S. The van der Waals surface area contributed by atoms with Crippen LogP contribution >= 0.6 is 0 Å². The lowest BCUT2D eigenvalue weighted by Gasteiger charge is -2.34. The minimum atomic E-state index is -4.32. The van der Waals surface area contributed by atoms with Crippen LogP contribution in [0.15, 0.2) is 108 Å². The van der Waals surface area contributed by atoms with Crippen molar-refractivity contribution < 1.29 is 27.1 Å². The second-order valence-corrected chi connectivity index (χ2v) is 13.1. The third-order valence-corrected chi connectivity index (χ3v) is 9.61. The highest BCUT2D eigenvalue weighted by molar-refractivity contribution is 7.92. The molecule has 10 heteroatoms. The normalized spacial score (nSPS) is 11.8. The molecule has 0 unspecified atom stereocenters. The van der Waals surface area contributed by atoms with Gasteiger partial charge in [0.2, 0.25) is 11.8 Å². The topological polar surface area (TPSA) is 96.0 Å². The maximum absolute atomic E-state index is 14.5. The van der Waals surface area contributed by atoms with Crippen molar-refractivity contribution in [1.82, 2.24) is 10.2 Å². The summed E-state index contributed by atoms with van der Waals surface area (Å²) in [5.41, 5.74) is 2.70. The molecule has 0 saturated carbocycles. The largest absolute Gasteiger partial charge is 0.494 e. The first-order chi connectivity index (χ1) is 22.6. The van der Waals surface area contributed by atoms with Crippen LogP contribution in [0.2, 0.25) is 0 Å². The molecule has 0 saturated heterocycles. The van der Waals surface area contributed by atoms with E-state index in [0.717, 1.165) is 46.0 Å². The van der Waals surface area contributed by atoms with Gasteiger partial charge >= 0.3 is 0 Å². The number of ether oxygens (including phenoxy) is 1. The first kappa shape index (κ1) is 35.2. The number of aryl methyl sites for hydroxylation is 1. The number of benzene rings is 4. The van der Waals surface area contributed by atoms with E-state index in [0.29, 0.717) is 18.9 Å². The summed E-state index contributed by atoms with van der Waals surface area (Å²) in [5.74, 6) is -0.963. The molecule has 0 aliphatic rings. The highest BCUT2D eigenvalue weighted by Crippen LogP contribution is 2.27. The summed E-state index contributed by atoms with van der Waals surface area (Å²) < 4.78 is 48.8. The molecule has 47 heavy (non-hydrogen) atoms. The van der Waals surface area contributed by atoms with Crippen LogP contribution in [0.3, 0.4) is 0 Å². The number of sulfonamides is 1. The smallest absolute Gasteiger partial charge is 0.264 e. The number of nitrogens with one attached hydrogen (secondary N) is 1. The molecule has 1 N–H and O–H groups in total. The number of carbonyl (C=O) groups is 2. The number of unbranched alkanes of at least 4 members (excludes halogenated alkanes) is 1. The Kier molecular flexibility index (Phi) is 12.5. The molecule has 4 aromatic rings. The fourth-order valence-electron chi connectivity index (χ4n) is 5.17. The molecule has 0 bridgehead atoms. The van der Waals surface area contributed by atoms with E-state index in [4.69, 9.17) is 4.74 Å². The highest BCUT2D eigenvalue weighted by atomic mass is 32.2. The Balaban J connectivity index is 1.78. The van der Waals surface area contributed by atoms with E-state index in [9.17, 15) is 22.4 Å². The molecule has 0 fully saturated rings. The van der Waals surface area contributed by atoms with Crippen molar-refractivity contribution in [1.29, 1.82) is 0 Å². The molecular weight excluding hydrogens is 617 g/mol. The molecule has 0 heterocycles. The van der Waals surface area contributed by atoms with Crippen LogP contribution in [0.5, 0.6) is 5.75 Å². The quantitative estimate of drug-likeness (QED) is 0.143. The Hall–Kier alpha value is -4.70. The monoisotopic (exact) mass is 659 g/mol. The maximum atomic E-state index is 14.5. The summed E-state index contributed by atoms with van der Waals surface area (Å²) in [5, 5.41) is 2.98. The lowest BCUT2D eigenvalue weighted by molar-refractivity contribution is -0.140. The number of rotatable bonds is 16. The average molecular weight is 660 g/mol. The van der Waals surface area contributed by atoms with Crippen molar-refractivity contribution >= 4 is 27.5 Å². The highest BCUT2D eigenvalue weighted by Gasteiger charge is 2.34. The molecule has 0 radical (unpaired) electrons. The lowest BCUT2D eigenvalue weighted by Crippen LogP contribution is -2.53. The van der Waals surface area contributed by atoms with Gasteiger partial charge in [-0.1, -0.05) is 67.9 Å². The van der Waals surface area contributed by atoms with Gasteiger partial charge in [-0.05, 0) is 85.5 Å². The second kappa shape index (κ2) is 16.7. The fraction of sp³-hybridized carbons (Fsp3) is 0.297. The van der Waals surface area contributed by atoms with Crippen LogP contribution in [-0.2, 0) is 32.6 Å². The summed E-state index contributed by atoms with van der Waals surface area (Å²) in [6.45, 7) is 6.08. The van der Waals surface area contributed by atoms with Gasteiger partial charge in [-0.2, -0.15) is 0 Å². The van der Waals surface area contributed by atoms with Gasteiger partial charge in [-0.3, -0.25) is 13.9 Å². The Morgan fingerprint density at radius 2 is 1.53 bits per heavy atom. The van der Waals surface area contributed by atoms with E-state index in [2.05, 4.69) is 5.32 Å². The van der Waals surface area contributed by atoms with Gasteiger partial charge in [0.25, 0.3) is 10.0 Å². The van der Waals surface area contributed by atoms with Crippen LogP contribution in [0, 0.1) is 12.7 Å². The van der Waals surface area contributed by atoms with Gasteiger partial charge in [-0.25, -0.2) is 12.8 Å². The first-order valence-electron chi connectivity index (χ1n) is 15.8. The van der Waals surface area contributed by atoms with Crippen molar-refractivity contribution in [3.8, 4) is 5.75 Å². The summed E-state index contributed by atoms with van der Waals surface area (Å²) >= 11 is 0. The molecule has 4 aromatic carbocycles. The Morgan fingerprint density at radius 1 is 0.872 bits per heavy atom. The van der Waals surface area contributed by atoms with E-state index < -0.39 is 34.3 Å². The number of hydrogen-bond acceptors (Lipinski definition) is 5. The molecule has 4 rings (SSSR count). The van der Waals surface area contributed by atoms with Crippen LogP contribution < -0.4 is 14.4 Å². The van der Waals surface area contributed by atoms with Crippen LogP contribution in [-0.4, -0.2) is 50.9 Å². The minimum absolute atomic E-state index is 0.0679. The Labute approximate surface area is 277 Å². The molecule has 0 aliphatic carbocycles. The first-order valence-corrected chi connectivity index (χ1v) is 17.2. The van der Waals surface area contributed by atoms with Crippen molar-refractivity contribution in [2.75, 3.05) is 24.0 Å². The van der Waals surface area contributed by atoms with E-state index >= 15 is 0 Å². The molecule has 1 atom stereocenters. The predicted molar refractivity (Wildman–Crippen MR) is 182 cm³/mol. The zero-order valence-corrected chi connectivity index (χ0v) is 27.9. The van der Waals surface area contributed by atoms with E-state index in [-0.39, 0.29) is 29.5 Å². The predicted octanol–water partition coefficient (Wildman–Crippen LogP) is 6.28. The number of nitrogens with zero attached hydrogens (tertiary/aromatic N) is 2. The van der Waals surface area contributed by atoms with E-state index in [1.807, 2.05) is 75.4 Å². The number of halogens is 1. The third kappa shape index (κ3) is 9.42. The standard InChI is InChI=1S/C37H42FN3O5S/c1-4-6-24-39-37(43)35(25-29-13-8-7-9-14-29)40(26-30-15-11-10-12-28(30)3)36(42)27-41(32-18-16-31(38)17-19-32)47(44,45)34-22-20-33(21-23-34)46-5-2/h7-23,35H,4-6,24-27H2,1-3H3,(H,39,43)/t35-/m1/s1. The van der Waals surface area contributed by atoms with Crippen molar-refractivity contribution in [3.05, 3.63) is 126 Å². The van der Waals surface area contributed by atoms with Crippen molar-refractivity contribution in [2.45, 2.75) is 57.5 Å². The van der Waals surface area contributed by atoms with Gasteiger partial charge in [0.05, 0.1) is 17.2 Å². The Morgan fingerprint density at radius 3 is 2.17 bits per heavy atom. The summed E-state index contributed by atoms with van der Waals surface area (Å²) in [7, 11) is -4.32. The van der Waals surface area contributed by atoms with Gasteiger partial charge in [0.15, 0.2) is 0 Å². The number of anilines is 1. The van der Waals surface area contributed by atoms with Gasteiger partial charge in [0, 0.05) is 19.5 Å². The van der Waals surface area contributed by atoms with Gasteiger partial charge < -0.3 is 15.0 Å². The lowest BCUT2D eigenvalue weighted by atomic mass is 10.0. The molecule has 2 amide bonds. The second-order valence-electron chi connectivity index (χ2n) is 11.2. The summed E-state index contributed by atoms with van der Waals surface area (Å²) in [6.07, 6.45) is 1.87. The third-order valence-electron chi connectivity index (χ3n) is 7.82. The molecule has 0 aliphatic heterocycles. The van der Waals surface area contributed by atoms with Crippen LogP contribution in [0.1, 0.15) is 43.4 Å². The zero-order chi connectivity index (χ0) is 33.8. The average Bonchev–Trinajstić information content (AvgIpc) is 3.07. The number of carbonyl (C=O) groups excluding carboxylic acids is 2. The molecule has 8 nitrogen and oxygen atoms in total. The van der Waals surface area contributed by atoms with Gasteiger partial charge in [0.1, 0.15) is 24.2 Å². The van der Waals surface area contributed by atoms with Crippen molar-refractivity contribution in [2.24, 2.45) is 0 Å². The summed E-state index contributed by atoms with van der Waals surface area (Å²) in [6, 6.07) is 26.9. The zero-order valence-electron chi connectivity index (χ0n) is 27.1. The number of amides is 2.